The molecular formula is C56H70O4. The Balaban J connectivity index is 1.50. The van der Waals surface area contributed by atoms with E-state index in [1.807, 2.05) is 12.1 Å². The van der Waals surface area contributed by atoms with Crippen molar-refractivity contribution in [1.82, 2.24) is 0 Å². The maximum absolute atomic E-state index is 13.7. The molecule has 0 aliphatic carbocycles. The largest absolute Gasteiger partial charge is 0.425 e. The minimum atomic E-state index is -0.169. The molecule has 318 valence electrons. The molecular weight excluding hydrogens is 737 g/mol. The van der Waals surface area contributed by atoms with Gasteiger partial charge in [-0.15, -0.1) is 0 Å². The van der Waals surface area contributed by atoms with Gasteiger partial charge in [0, 0.05) is 34.4 Å². The molecule has 0 heterocycles. The van der Waals surface area contributed by atoms with Crippen molar-refractivity contribution in [2.24, 2.45) is 0 Å². The maximum Gasteiger partial charge on any atom is 0.311 e. The van der Waals surface area contributed by atoms with Gasteiger partial charge in [0.05, 0.1) is 0 Å². The molecule has 0 fully saturated rings. The van der Waals surface area contributed by atoms with Crippen LogP contribution in [0.25, 0.3) is 54.2 Å². The number of carbonyl (C=O) groups excluding carboxylic acids is 2. The predicted molar refractivity (Wildman–Crippen MR) is 256 cm³/mol. The smallest absolute Gasteiger partial charge is 0.311 e. The highest BCUT2D eigenvalue weighted by Crippen LogP contribution is 2.50. The van der Waals surface area contributed by atoms with Gasteiger partial charge in [-0.25, -0.2) is 0 Å². The Bertz CT molecular complexity index is 2170. The van der Waals surface area contributed by atoms with Gasteiger partial charge in [-0.05, 0) is 82.3 Å². The summed E-state index contributed by atoms with van der Waals surface area (Å²) >= 11 is 0. The fourth-order valence-corrected chi connectivity index (χ4v) is 8.99. The Morgan fingerprint density at radius 2 is 0.700 bits per heavy atom. The summed E-state index contributed by atoms with van der Waals surface area (Å²) in [5, 5.41) is 8.00. The number of hydrogen-bond donors (Lipinski definition) is 0. The number of hydrogen-bond acceptors (Lipinski definition) is 4. The number of fused-ring (bicyclic) bond motifs is 4. The first-order valence-corrected chi connectivity index (χ1v) is 23.8. The lowest BCUT2D eigenvalue weighted by atomic mass is 9.84. The van der Waals surface area contributed by atoms with Crippen LogP contribution in [0.4, 0.5) is 0 Å². The van der Waals surface area contributed by atoms with E-state index in [1.54, 1.807) is 0 Å². The predicted octanol–water partition coefficient (Wildman–Crippen LogP) is 16.7. The summed E-state index contributed by atoms with van der Waals surface area (Å²) in [4.78, 5) is 27.3. The highest BCUT2D eigenvalue weighted by atomic mass is 16.5. The summed E-state index contributed by atoms with van der Waals surface area (Å²) in [5.74, 6) is 0.953. The molecule has 60 heavy (non-hydrogen) atoms. The van der Waals surface area contributed by atoms with E-state index in [0.717, 1.165) is 131 Å². The van der Waals surface area contributed by atoms with Gasteiger partial charge in [-0.2, -0.15) is 0 Å². The van der Waals surface area contributed by atoms with Gasteiger partial charge in [0.1, 0.15) is 11.5 Å². The van der Waals surface area contributed by atoms with Crippen LogP contribution in [-0.4, -0.2) is 11.9 Å². The van der Waals surface area contributed by atoms with Crippen LogP contribution in [0.1, 0.15) is 167 Å². The quantitative estimate of drug-likeness (QED) is 0.0250. The van der Waals surface area contributed by atoms with Crippen molar-refractivity contribution in [1.29, 1.82) is 0 Å². The van der Waals surface area contributed by atoms with Crippen LogP contribution in [0.5, 0.6) is 11.5 Å². The van der Waals surface area contributed by atoms with E-state index in [0.29, 0.717) is 24.3 Å². The van der Waals surface area contributed by atoms with Gasteiger partial charge < -0.3 is 9.47 Å². The Morgan fingerprint density at radius 1 is 0.367 bits per heavy atom. The molecule has 6 aromatic carbocycles. The molecule has 4 heteroatoms. The van der Waals surface area contributed by atoms with Crippen LogP contribution in [-0.2, 0) is 22.4 Å². The van der Waals surface area contributed by atoms with Crippen molar-refractivity contribution >= 4 is 55.0 Å². The number of unbranched alkanes of at least 4 members (excludes halogenated alkanes) is 14. The lowest BCUT2D eigenvalue weighted by molar-refractivity contribution is -0.135. The number of aryl methyl sites for hydroxylation is 2. The third-order valence-electron chi connectivity index (χ3n) is 12.4. The first-order valence-electron chi connectivity index (χ1n) is 23.8. The minimum absolute atomic E-state index is 0.169. The molecule has 0 aliphatic rings. The fraction of sp³-hybridized carbons (Fsp3) is 0.464. The van der Waals surface area contributed by atoms with Crippen molar-refractivity contribution in [2.45, 2.75) is 169 Å². The third kappa shape index (κ3) is 11.4. The molecule has 0 N–H and O–H groups in total. The topological polar surface area (TPSA) is 52.6 Å². The van der Waals surface area contributed by atoms with Crippen molar-refractivity contribution < 1.29 is 19.1 Å². The molecule has 0 unspecified atom stereocenters. The highest BCUT2D eigenvalue weighted by molar-refractivity contribution is 6.27. The molecule has 0 atom stereocenters. The lowest BCUT2D eigenvalue weighted by Crippen LogP contribution is -2.09. The Kier molecular flexibility index (Phi) is 17.4. The summed E-state index contributed by atoms with van der Waals surface area (Å²) in [6, 6.07) is 30.4. The van der Waals surface area contributed by atoms with Crippen molar-refractivity contribution in [3.05, 3.63) is 96.1 Å². The molecule has 0 saturated carbocycles. The molecule has 0 aliphatic heterocycles. The normalized spacial score (nSPS) is 11.6. The van der Waals surface area contributed by atoms with E-state index in [1.165, 1.54) is 62.5 Å². The third-order valence-corrected chi connectivity index (χ3v) is 12.4. The van der Waals surface area contributed by atoms with Gasteiger partial charge in [0.15, 0.2) is 0 Å². The van der Waals surface area contributed by atoms with Crippen molar-refractivity contribution in [3.8, 4) is 22.6 Å². The number of ether oxygens (including phenoxy) is 2. The first-order chi connectivity index (χ1) is 29.5. The van der Waals surface area contributed by atoms with E-state index in [4.69, 9.17) is 9.47 Å². The van der Waals surface area contributed by atoms with Crippen LogP contribution < -0.4 is 9.47 Å². The molecule has 0 saturated heterocycles. The highest BCUT2D eigenvalue weighted by Gasteiger charge is 2.25. The van der Waals surface area contributed by atoms with E-state index < -0.39 is 0 Å². The Labute approximate surface area is 360 Å². The van der Waals surface area contributed by atoms with Crippen molar-refractivity contribution in [3.63, 3.8) is 0 Å². The zero-order chi connectivity index (χ0) is 42.1. The number of esters is 2. The molecule has 0 radical (unpaired) electrons. The molecule has 0 amide bonds. The second-order valence-corrected chi connectivity index (χ2v) is 17.2. The number of benzene rings is 6. The van der Waals surface area contributed by atoms with E-state index in [2.05, 4.69) is 100 Å². The zero-order valence-corrected chi connectivity index (χ0v) is 37.3. The van der Waals surface area contributed by atoms with Crippen LogP contribution in [0.3, 0.4) is 0 Å². The molecule has 4 nitrogen and oxygen atoms in total. The summed E-state index contributed by atoms with van der Waals surface area (Å²) < 4.78 is 12.9. The fourth-order valence-electron chi connectivity index (χ4n) is 8.99. The lowest BCUT2D eigenvalue weighted by Gasteiger charge is -2.22. The summed E-state index contributed by atoms with van der Waals surface area (Å²) in [7, 11) is 0. The van der Waals surface area contributed by atoms with Gasteiger partial charge in [-0.1, -0.05) is 203 Å². The van der Waals surface area contributed by atoms with Crippen LogP contribution in [0, 0.1) is 0 Å². The Morgan fingerprint density at radius 3 is 1.08 bits per heavy atom. The minimum Gasteiger partial charge on any atom is -0.425 e. The van der Waals surface area contributed by atoms with Crippen LogP contribution >= 0.6 is 0 Å². The van der Waals surface area contributed by atoms with E-state index in [-0.39, 0.29) is 11.9 Å². The monoisotopic (exact) mass is 807 g/mol. The van der Waals surface area contributed by atoms with E-state index in [9.17, 15) is 9.59 Å². The molecule has 0 bridgehead atoms. The second-order valence-electron chi connectivity index (χ2n) is 17.2. The average molecular weight is 807 g/mol. The standard InChI is InChI=1S/C56H70O4/c1-5-9-13-15-17-19-21-33-51(57)59-55-45-31-25-23-29-43(45)53(49-39-41(27-11-7-3)35-37-47(49)55)54-44-30-24-26-32-46(44)56(48-38-36-42(28-12-8-4)40-50(48)54)60-52(58)34-22-20-18-16-14-10-6-2/h23-26,29-32,35-40H,5-22,27-28,33-34H2,1-4H3. The van der Waals surface area contributed by atoms with Gasteiger partial charge >= 0.3 is 11.9 Å². The first kappa shape index (κ1) is 44.8. The molecule has 0 spiro atoms. The average Bonchev–Trinajstić information content (AvgIpc) is 3.27. The zero-order valence-electron chi connectivity index (χ0n) is 37.3. The van der Waals surface area contributed by atoms with E-state index >= 15 is 0 Å². The van der Waals surface area contributed by atoms with Gasteiger partial charge in [0.25, 0.3) is 0 Å². The van der Waals surface area contributed by atoms with Crippen LogP contribution in [0.2, 0.25) is 0 Å². The van der Waals surface area contributed by atoms with Gasteiger partial charge in [0.2, 0.25) is 0 Å². The van der Waals surface area contributed by atoms with Crippen molar-refractivity contribution in [2.75, 3.05) is 0 Å². The molecule has 0 aromatic heterocycles. The number of carbonyl (C=O) groups is 2. The number of rotatable bonds is 25. The van der Waals surface area contributed by atoms with Gasteiger partial charge in [-0.3, -0.25) is 9.59 Å². The SMILES string of the molecule is CCCCCCCCCC(=O)Oc1c2ccccc2c(-c2c3ccccc3c(OC(=O)CCCCCCCCC)c3ccc(CCCC)cc23)c2cc(CCCC)ccc12. The Hall–Kier alpha value is -4.70. The second kappa shape index (κ2) is 23.3. The summed E-state index contributed by atoms with van der Waals surface area (Å²) in [6.07, 6.45) is 23.3. The molecule has 6 rings (SSSR count). The maximum atomic E-state index is 13.7. The molecule has 6 aromatic rings. The summed E-state index contributed by atoms with van der Waals surface area (Å²) in [6.45, 7) is 8.95. The summed E-state index contributed by atoms with van der Waals surface area (Å²) in [5.41, 5.74) is 4.80. The van der Waals surface area contributed by atoms with Crippen LogP contribution in [0.15, 0.2) is 84.9 Å².